The minimum absolute atomic E-state index is 0.0339. The summed E-state index contributed by atoms with van der Waals surface area (Å²) in [6, 6.07) is 12.6. The number of ketones is 1. The lowest BCUT2D eigenvalue weighted by atomic mass is 10.0. The average molecular weight is 439 g/mol. The molecular formula is C20H17Cl2O3PS. The molecule has 140 valence electrons. The highest BCUT2D eigenvalue weighted by Gasteiger charge is 2.35. The molecule has 0 radical (unpaired) electrons. The van der Waals surface area contributed by atoms with Crippen molar-refractivity contribution in [2.45, 2.75) is 12.1 Å². The van der Waals surface area contributed by atoms with Gasteiger partial charge in [0.1, 0.15) is 5.66 Å². The van der Waals surface area contributed by atoms with Crippen LogP contribution >= 0.6 is 41.9 Å². The van der Waals surface area contributed by atoms with Crippen molar-refractivity contribution < 1.29 is 14.3 Å². The van der Waals surface area contributed by atoms with Crippen LogP contribution in [0, 0.1) is 0 Å². The summed E-state index contributed by atoms with van der Waals surface area (Å²) in [5, 5.41) is 3.63. The molecule has 0 saturated heterocycles. The number of fused-ring (bicyclic) bond motifs is 1. The standard InChI is InChI=1S/C20H17Cl2O3PS/c1-26(24,25)20(16-12-27-19-10-9-14(21)11-15(16)19)18(23)8-4-6-13-5-2-3-7-17(13)22/h2-7,9-12,20H,8H2,1H3,(H,24,25)/b6-4+. The molecule has 3 aromatic rings. The fourth-order valence-corrected chi connectivity index (χ4v) is 5.76. The van der Waals surface area contributed by atoms with Crippen LogP contribution in [-0.4, -0.2) is 17.3 Å². The van der Waals surface area contributed by atoms with Gasteiger partial charge in [-0.25, -0.2) is 0 Å². The molecule has 0 aliphatic rings. The van der Waals surface area contributed by atoms with Gasteiger partial charge in [0.15, 0.2) is 5.78 Å². The smallest absolute Gasteiger partial charge is 0.212 e. The summed E-state index contributed by atoms with van der Waals surface area (Å²) in [5.41, 5.74) is 0.266. The molecule has 0 fully saturated rings. The first-order chi connectivity index (χ1) is 12.8. The number of hydrogen-bond donors (Lipinski definition) is 1. The maximum atomic E-state index is 12.8. The van der Waals surface area contributed by atoms with Gasteiger partial charge in [-0.2, -0.15) is 0 Å². The third-order valence-corrected chi connectivity index (χ3v) is 7.25. The zero-order valence-corrected chi connectivity index (χ0v) is 17.7. The van der Waals surface area contributed by atoms with Gasteiger partial charge in [-0.15, -0.1) is 11.3 Å². The monoisotopic (exact) mass is 438 g/mol. The van der Waals surface area contributed by atoms with Gasteiger partial charge in [0, 0.05) is 27.8 Å². The third-order valence-electron chi connectivity index (χ3n) is 4.17. The molecule has 7 heteroatoms. The summed E-state index contributed by atoms with van der Waals surface area (Å²) in [7, 11) is -3.71. The van der Waals surface area contributed by atoms with E-state index < -0.39 is 13.0 Å². The number of rotatable bonds is 6. The predicted molar refractivity (Wildman–Crippen MR) is 115 cm³/mol. The van der Waals surface area contributed by atoms with E-state index >= 15 is 0 Å². The van der Waals surface area contributed by atoms with Crippen molar-refractivity contribution >= 4 is 63.9 Å². The first kappa shape index (κ1) is 20.3. The van der Waals surface area contributed by atoms with Gasteiger partial charge in [0.05, 0.1) is 0 Å². The first-order valence-electron chi connectivity index (χ1n) is 8.18. The molecule has 1 N–H and O–H groups in total. The van der Waals surface area contributed by atoms with Crippen LogP contribution in [0.1, 0.15) is 23.2 Å². The maximum absolute atomic E-state index is 12.8. The van der Waals surface area contributed by atoms with E-state index in [2.05, 4.69) is 0 Å². The molecule has 1 heterocycles. The summed E-state index contributed by atoms with van der Waals surface area (Å²) < 4.78 is 13.5. The van der Waals surface area contributed by atoms with Crippen molar-refractivity contribution in [2.24, 2.45) is 0 Å². The molecule has 0 amide bonds. The van der Waals surface area contributed by atoms with Crippen molar-refractivity contribution in [3.63, 3.8) is 0 Å². The Balaban J connectivity index is 1.91. The van der Waals surface area contributed by atoms with Gasteiger partial charge < -0.3 is 4.89 Å². The van der Waals surface area contributed by atoms with E-state index in [-0.39, 0.29) is 12.2 Å². The SMILES string of the molecule is CP(=O)(O)C(C(=O)C/C=C/c1ccccc1Cl)c1csc2ccc(Cl)cc12. The van der Waals surface area contributed by atoms with Crippen LogP contribution in [-0.2, 0) is 9.36 Å². The number of hydrogen-bond acceptors (Lipinski definition) is 3. The molecule has 0 saturated carbocycles. The first-order valence-corrected chi connectivity index (χ1v) is 12.0. The lowest BCUT2D eigenvalue weighted by molar-refractivity contribution is -0.118. The van der Waals surface area contributed by atoms with E-state index in [4.69, 9.17) is 23.2 Å². The van der Waals surface area contributed by atoms with E-state index in [1.54, 1.807) is 35.7 Å². The topological polar surface area (TPSA) is 54.4 Å². The Kier molecular flexibility index (Phi) is 6.25. The van der Waals surface area contributed by atoms with Crippen molar-refractivity contribution in [3.8, 4) is 0 Å². The minimum atomic E-state index is -3.71. The second kappa shape index (κ2) is 8.30. The van der Waals surface area contributed by atoms with Crippen LogP contribution in [0.4, 0.5) is 0 Å². The van der Waals surface area contributed by atoms with Crippen LogP contribution in [0.15, 0.2) is 53.9 Å². The average Bonchev–Trinajstić information content (AvgIpc) is 2.98. The summed E-state index contributed by atoms with van der Waals surface area (Å²) >= 11 is 13.6. The number of benzene rings is 2. The van der Waals surface area contributed by atoms with Gasteiger partial charge in [-0.05, 0) is 46.2 Å². The largest absolute Gasteiger partial charge is 0.344 e. The Morgan fingerprint density at radius 1 is 1.26 bits per heavy atom. The predicted octanol–water partition coefficient (Wildman–Crippen LogP) is 6.82. The van der Waals surface area contributed by atoms with Crippen molar-refractivity contribution in [2.75, 3.05) is 6.66 Å². The van der Waals surface area contributed by atoms with Crippen LogP contribution in [0.3, 0.4) is 0 Å². The number of carbonyl (C=O) groups is 1. The summed E-state index contributed by atoms with van der Waals surface area (Å²) in [6.45, 7) is 1.22. The van der Waals surface area contributed by atoms with Crippen LogP contribution in [0.5, 0.6) is 0 Å². The number of thiophene rings is 1. The molecule has 0 spiro atoms. The summed E-state index contributed by atoms with van der Waals surface area (Å²) in [4.78, 5) is 23.1. The second-order valence-corrected chi connectivity index (χ2v) is 10.4. The molecular weight excluding hydrogens is 422 g/mol. The Labute approximate surface area is 171 Å². The molecule has 2 atom stereocenters. The molecule has 3 rings (SSSR count). The zero-order valence-electron chi connectivity index (χ0n) is 14.4. The van der Waals surface area contributed by atoms with E-state index in [0.29, 0.717) is 15.6 Å². The van der Waals surface area contributed by atoms with E-state index in [1.165, 1.54) is 18.0 Å². The quantitative estimate of drug-likeness (QED) is 0.429. The molecule has 2 unspecified atom stereocenters. The molecule has 3 nitrogen and oxygen atoms in total. The van der Waals surface area contributed by atoms with Gasteiger partial charge in [-0.3, -0.25) is 9.36 Å². The normalized spacial score (nSPS) is 15.1. The van der Waals surface area contributed by atoms with Crippen molar-refractivity contribution in [1.82, 2.24) is 0 Å². The van der Waals surface area contributed by atoms with Crippen LogP contribution in [0.25, 0.3) is 16.2 Å². The third kappa shape index (κ3) is 4.71. The molecule has 1 aromatic heterocycles. The lowest BCUT2D eigenvalue weighted by Gasteiger charge is -2.18. The fraction of sp³-hybridized carbons (Fsp3) is 0.150. The van der Waals surface area contributed by atoms with E-state index in [1.807, 2.05) is 24.3 Å². The number of Topliss-reactive ketones (excluding diaryl/α,β-unsaturated/α-hetero) is 1. The highest BCUT2D eigenvalue weighted by molar-refractivity contribution is 7.58. The molecule has 0 aliphatic carbocycles. The number of allylic oxidation sites excluding steroid dienone is 1. The van der Waals surface area contributed by atoms with E-state index in [9.17, 15) is 14.3 Å². The molecule has 27 heavy (non-hydrogen) atoms. The highest BCUT2D eigenvalue weighted by Crippen LogP contribution is 2.55. The van der Waals surface area contributed by atoms with Crippen LogP contribution < -0.4 is 0 Å². The Bertz CT molecular complexity index is 1070. The highest BCUT2D eigenvalue weighted by atomic mass is 35.5. The van der Waals surface area contributed by atoms with Gasteiger partial charge in [0.2, 0.25) is 7.37 Å². The lowest BCUT2D eigenvalue weighted by Crippen LogP contribution is -2.11. The van der Waals surface area contributed by atoms with Gasteiger partial charge >= 0.3 is 0 Å². The van der Waals surface area contributed by atoms with E-state index in [0.717, 1.165) is 15.6 Å². The number of halogens is 2. The molecule has 0 bridgehead atoms. The Morgan fingerprint density at radius 3 is 2.70 bits per heavy atom. The van der Waals surface area contributed by atoms with Crippen LogP contribution in [0.2, 0.25) is 10.0 Å². The Hall–Kier alpha value is -1.42. The molecule has 2 aromatic carbocycles. The Morgan fingerprint density at radius 2 is 2.00 bits per heavy atom. The summed E-state index contributed by atoms with van der Waals surface area (Å²) in [6.07, 6.45) is 3.46. The van der Waals surface area contributed by atoms with Crippen molar-refractivity contribution in [3.05, 3.63) is 75.1 Å². The second-order valence-electron chi connectivity index (χ2n) is 6.27. The maximum Gasteiger partial charge on any atom is 0.212 e. The minimum Gasteiger partial charge on any atom is -0.344 e. The van der Waals surface area contributed by atoms with Crippen molar-refractivity contribution in [1.29, 1.82) is 0 Å². The zero-order chi connectivity index (χ0) is 19.6. The number of carbonyl (C=O) groups excluding carboxylic acids is 1. The summed E-state index contributed by atoms with van der Waals surface area (Å²) in [5.74, 6) is -0.314. The fourth-order valence-electron chi connectivity index (χ4n) is 2.96. The van der Waals surface area contributed by atoms with Gasteiger partial charge in [0.25, 0.3) is 0 Å². The van der Waals surface area contributed by atoms with Gasteiger partial charge in [-0.1, -0.05) is 53.6 Å². The molecule has 0 aliphatic heterocycles.